The Morgan fingerprint density at radius 3 is 2.17 bits per heavy atom. The highest BCUT2D eigenvalue weighted by molar-refractivity contribution is 5.98. The second kappa shape index (κ2) is 10.7. The van der Waals surface area contributed by atoms with Crippen molar-refractivity contribution in [3.8, 4) is 11.5 Å². The molecule has 5 heteroatoms. The number of methoxy groups -OCH3 is 2. The Labute approximate surface area is 243 Å². The molecular weight excluding hydrogens is 506 g/mol. The van der Waals surface area contributed by atoms with E-state index in [0.29, 0.717) is 12.0 Å². The van der Waals surface area contributed by atoms with E-state index in [9.17, 15) is 0 Å². The van der Waals surface area contributed by atoms with Crippen LogP contribution in [0.4, 0.5) is 0 Å². The molecule has 0 amide bonds. The van der Waals surface area contributed by atoms with E-state index in [2.05, 4.69) is 101 Å². The number of fused-ring (bicyclic) bond motifs is 2. The summed E-state index contributed by atoms with van der Waals surface area (Å²) in [5.41, 5.74) is 8.48. The molecule has 0 bridgehead atoms. The summed E-state index contributed by atoms with van der Waals surface area (Å²) < 4.78 is 10.9. The zero-order valence-corrected chi connectivity index (χ0v) is 24.5. The number of piperidine rings is 1. The van der Waals surface area contributed by atoms with Crippen LogP contribution in [0.15, 0.2) is 79.0 Å². The van der Waals surface area contributed by atoms with Gasteiger partial charge in [0, 0.05) is 35.1 Å². The van der Waals surface area contributed by atoms with Crippen LogP contribution in [-0.2, 0) is 11.8 Å². The lowest BCUT2D eigenvalue weighted by atomic mass is 9.68. The maximum absolute atomic E-state index is 5.47. The summed E-state index contributed by atoms with van der Waals surface area (Å²) in [5, 5.41) is 1.44. The molecule has 2 atom stereocenters. The van der Waals surface area contributed by atoms with Crippen LogP contribution in [0.2, 0.25) is 0 Å². The largest absolute Gasteiger partial charge is 0.497 e. The van der Waals surface area contributed by atoms with Crippen molar-refractivity contribution in [3.63, 3.8) is 0 Å². The zero-order chi connectivity index (χ0) is 28.0. The monoisotopic (exact) mass is 547 g/mol. The van der Waals surface area contributed by atoms with Crippen molar-refractivity contribution in [2.45, 2.75) is 37.1 Å². The Morgan fingerprint density at radius 1 is 0.878 bits per heavy atom. The molecular formula is C36H41N3O2. The van der Waals surface area contributed by atoms with Crippen molar-refractivity contribution in [1.82, 2.24) is 14.8 Å². The molecule has 2 aliphatic heterocycles. The molecule has 212 valence electrons. The Hall–Kier alpha value is -3.54. The van der Waals surface area contributed by atoms with Gasteiger partial charge in [-0.05, 0) is 116 Å². The van der Waals surface area contributed by atoms with E-state index in [1.807, 2.05) is 0 Å². The third-order valence-corrected chi connectivity index (χ3v) is 10.2. The Balaban J connectivity index is 1.08. The lowest BCUT2D eigenvalue weighted by molar-refractivity contribution is 0.162. The number of hydrogen-bond donors (Lipinski definition) is 1. The fourth-order valence-electron chi connectivity index (χ4n) is 7.80. The lowest BCUT2D eigenvalue weighted by Crippen LogP contribution is -2.45. The maximum Gasteiger partial charge on any atom is 0.118 e. The normalized spacial score (nSPS) is 22.3. The fourth-order valence-corrected chi connectivity index (χ4v) is 7.80. The number of hydrogen-bond acceptors (Lipinski definition) is 4. The number of aromatic amines is 1. The number of rotatable bonds is 7. The number of likely N-dealkylation sites (tertiary alicyclic amines) is 1. The van der Waals surface area contributed by atoms with Crippen molar-refractivity contribution < 1.29 is 9.47 Å². The van der Waals surface area contributed by atoms with Crippen LogP contribution in [0, 0.1) is 5.92 Å². The molecule has 0 saturated carbocycles. The van der Waals surface area contributed by atoms with Crippen LogP contribution in [0.5, 0.6) is 11.5 Å². The van der Waals surface area contributed by atoms with E-state index in [4.69, 9.17) is 9.47 Å². The molecule has 41 heavy (non-hydrogen) atoms. The SMILES string of the molecule is COc1ccc(C2(c3ccc(OC)cc3)CCN(CC[C@@H]3C=C4c5cccc6[nH]cc(c56)C[C@H]4N(C)C3)CC2)cc1. The molecule has 7 rings (SSSR count). The molecule has 1 aromatic heterocycles. The summed E-state index contributed by atoms with van der Waals surface area (Å²) >= 11 is 0. The molecule has 1 saturated heterocycles. The van der Waals surface area contributed by atoms with E-state index in [-0.39, 0.29) is 5.41 Å². The molecule has 3 aromatic carbocycles. The molecule has 0 spiro atoms. The van der Waals surface area contributed by atoms with Gasteiger partial charge in [0.25, 0.3) is 0 Å². The van der Waals surface area contributed by atoms with E-state index in [1.54, 1.807) is 14.2 Å². The van der Waals surface area contributed by atoms with Gasteiger partial charge in [-0.2, -0.15) is 0 Å². The predicted molar refractivity (Wildman–Crippen MR) is 167 cm³/mol. The molecule has 1 fully saturated rings. The van der Waals surface area contributed by atoms with Gasteiger partial charge in [-0.25, -0.2) is 0 Å². The van der Waals surface area contributed by atoms with Gasteiger partial charge in [0.05, 0.1) is 14.2 Å². The first-order valence-corrected chi connectivity index (χ1v) is 15.1. The van der Waals surface area contributed by atoms with Gasteiger partial charge in [-0.3, -0.25) is 4.90 Å². The van der Waals surface area contributed by atoms with Crippen LogP contribution in [0.3, 0.4) is 0 Å². The van der Waals surface area contributed by atoms with Gasteiger partial charge in [-0.15, -0.1) is 0 Å². The molecule has 0 unspecified atom stereocenters. The highest BCUT2D eigenvalue weighted by Gasteiger charge is 2.38. The quantitative estimate of drug-likeness (QED) is 0.286. The minimum absolute atomic E-state index is 0.00431. The minimum Gasteiger partial charge on any atom is -0.497 e. The smallest absolute Gasteiger partial charge is 0.118 e. The number of benzene rings is 3. The highest BCUT2D eigenvalue weighted by Crippen LogP contribution is 2.44. The third kappa shape index (κ3) is 4.65. The van der Waals surface area contributed by atoms with Crippen LogP contribution in [0.1, 0.15) is 41.5 Å². The molecule has 3 heterocycles. The summed E-state index contributed by atoms with van der Waals surface area (Å²) in [7, 11) is 5.79. The number of likely N-dealkylation sites (N-methyl/N-ethyl adjacent to an activating group) is 1. The molecule has 3 aliphatic rings. The third-order valence-electron chi connectivity index (χ3n) is 10.2. The van der Waals surface area contributed by atoms with E-state index in [1.165, 1.54) is 45.2 Å². The summed E-state index contributed by atoms with van der Waals surface area (Å²) in [5.74, 6) is 2.40. The number of H-pyrrole nitrogens is 1. The second-order valence-electron chi connectivity index (χ2n) is 12.3. The number of nitrogens with one attached hydrogen (secondary N) is 1. The van der Waals surface area contributed by atoms with Gasteiger partial charge < -0.3 is 19.4 Å². The molecule has 0 radical (unpaired) electrons. The topological polar surface area (TPSA) is 40.7 Å². The zero-order valence-electron chi connectivity index (χ0n) is 24.5. The summed E-state index contributed by atoms with van der Waals surface area (Å²) in [6.07, 6.45) is 9.37. The standard InChI is InChI=1S/C36H41N3O2/c1-38-24-25(21-32-31-5-4-6-33-35(31)26(23-37-33)22-34(32)38)15-18-39-19-16-36(17-20-39,27-7-11-29(40-2)12-8-27)28-9-13-30(41-3)14-10-28/h4-14,21,23,25,34,37H,15-20,22,24H2,1-3H3/t25-,34-/m1/s1. The van der Waals surface area contributed by atoms with Gasteiger partial charge in [0.15, 0.2) is 0 Å². The van der Waals surface area contributed by atoms with Crippen LogP contribution < -0.4 is 9.47 Å². The van der Waals surface area contributed by atoms with Gasteiger partial charge in [0.2, 0.25) is 0 Å². The van der Waals surface area contributed by atoms with Crippen LogP contribution in [-0.4, -0.2) is 68.3 Å². The Kier molecular flexibility index (Phi) is 6.88. The van der Waals surface area contributed by atoms with Crippen molar-refractivity contribution in [2.75, 3.05) is 47.4 Å². The summed E-state index contributed by atoms with van der Waals surface area (Å²) in [4.78, 5) is 8.80. The number of nitrogens with zero attached hydrogens (tertiary/aromatic N) is 2. The van der Waals surface area contributed by atoms with Crippen molar-refractivity contribution in [3.05, 3.63) is 101 Å². The lowest BCUT2D eigenvalue weighted by Gasteiger charge is -2.44. The van der Waals surface area contributed by atoms with Gasteiger partial charge in [-0.1, -0.05) is 42.5 Å². The van der Waals surface area contributed by atoms with Crippen molar-refractivity contribution >= 4 is 16.5 Å². The number of ether oxygens (including phenoxy) is 2. The van der Waals surface area contributed by atoms with Crippen LogP contribution >= 0.6 is 0 Å². The molecule has 5 nitrogen and oxygen atoms in total. The van der Waals surface area contributed by atoms with Crippen molar-refractivity contribution in [2.24, 2.45) is 5.92 Å². The molecule has 4 aromatic rings. The predicted octanol–water partition coefficient (Wildman–Crippen LogP) is 6.53. The summed E-state index contributed by atoms with van der Waals surface area (Å²) in [6.45, 7) is 4.49. The average molecular weight is 548 g/mol. The van der Waals surface area contributed by atoms with Gasteiger partial charge >= 0.3 is 0 Å². The fraction of sp³-hybridized carbons (Fsp3) is 0.389. The highest BCUT2D eigenvalue weighted by atomic mass is 16.5. The maximum atomic E-state index is 5.47. The van der Waals surface area contributed by atoms with Crippen LogP contribution in [0.25, 0.3) is 16.5 Å². The molecule has 1 N–H and O–H groups in total. The minimum atomic E-state index is 0.00431. The van der Waals surface area contributed by atoms with Gasteiger partial charge in [0.1, 0.15) is 11.5 Å². The first-order chi connectivity index (χ1) is 20.1. The molecule has 1 aliphatic carbocycles. The Bertz CT molecular complexity index is 1490. The Morgan fingerprint density at radius 2 is 1.54 bits per heavy atom. The first-order valence-electron chi connectivity index (χ1n) is 15.1. The van der Waals surface area contributed by atoms with E-state index in [0.717, 1.165) is 56.9 Å². The number of aromatic nitrogens is 1. The van der Waals surface area contributed by atoms with Crippen molar-refractivity contribution in [1.29, 1.82) is 0 Å². The van der Waals surface area contributed by atoms with E-state index < -0.39 is 0 Å². The van der Waals surface area contributed by atoms with E-state index >= 15 is 0 Å². The average Bonchev–Trinajstić information content (AvgIpc) is 3.45. The first kappa shape index (κ1) is 26.4. The second-order valence-corrected chi connectivity index (χ2v) is 12.3. The summed E-state index contributed by atoms with van der Waals surface area (Å²) in [6, 6.07) is 24.7.